The van der Waals surface area contributed by atoms with Gasteiger partial charge in [0.15, 0.2) is 11.6 Å². The molecular formula is C20H20N8. The molecule has 28 heavy (non-hydrogen) atoms. The number of aromatic nitrogens is 8. The molecule has 3 heterocycles. The Kier molecular flexibility index (Phi) is 4.16. The van der Waals surface area contributed by atoms with Gasteiger partial charge < -0.3 is 0 Å². The minimum Gasteiger partial charge on any atom is -0.261 e. The second-order valence-corrected chi connectivity index (χ2v) is 7.17. The molecule has 1 aliphatic carbocycles. The van der Waals surface area contributed by atoms with Gasteiger partial charge in [-0.15, -0.1) is 5.10 Å². The average molecular weight is 372 g/mol. The topological polar surface area (TPSA) is 87.2 Å². The van der Waals surface area contributed by atoms with Crippen molar-refractivity contribution in [1.82, 2.24) is 40.0 Å². The SMILES string of the molecule is Cc1cc(-n2nc(C3CC3)nc2C(Cc2ccccc2)n2cnnn2)ccn1. The molecular weight excluding hydrogens is 352 g/mol. The molecule has 140 valence electrons. The summed E-state index contributed by atoms with van der Waals surface area (Å²) in [6, 6.07) is 14.1. The molecule has 5 rings (SSSR count). The van der Waals surface area contributed by atoms with Gasteiger partial charge in [0.2, 0.25) is 0 Å². The molecule has 1 aliphatic rings. The minimum atomic E-state index is -0.161. The highest BCUT2D eigenvalue weighted by atomic mass is 15.5. The molecule has 0 amide bonds. The van der Waals surface area contributed by atoms with Crippen LogP contribution in [0.3, 0.4) is 0 Å². The smallest absolute Gasteiger partial charge is 0.157 e. The lowest BCUT2D eigenvalue weighted by atomic mass is 10.1. The molecule has 0 aliphatic heterocycles. The molecule has 4 aromatic rings. The second-order valence-electron chi connectivity index (χ2n) is 7.17. The number of hydrogen-bond donors (Lipinski definition) is 0. The van der Waals surface area contributed by atoms with Crippen molar-refractivity contribution in [1.29, 1.82) is 0 Å². The Bertz CT molecular complexity index is 1070. The van der Waals surface area contributed by atoms with E-state index in [2.05, 4.69) is 32.6 Å². The van der Waals surface area contributed by atoms with Crippen LogP contribution >= 0.6 is 0 Å². The molecule has 1 unspecified atom stereocenters. The van der Waals surface area contributed by atoms with Crippen LogP contribution in [0, 0.1) is 6.92 Å². The fourth-order valence-corrected chi connectivity index (χ4v) is 3.37. The third-order valence-electron chi connectivity index (χ3n) is 4.97. The molecule has 0 saturated heterocycles. The molecule has 0 spiro atoms. The summed E-state index contributed by atoms with van der Waals surface area (Å²) >= 11 is 0. The first-order valence-electron chi connectivity index (χ1n) is 9.44. The monoisotopic (exact) mass is 372 g/mol. The van der Waals surface area contributed by atoms with Crippen LogP contribution in [-0.4, -0.2) is 40.0 Å². The highest BCUT2D eigenvalue weighted by Crippen LogP contribution is 2.39. The number of hydrogen-bond acceptors (Lipinski definition) is 6. The van der Waals surface area contributed by atoms with Crippen molar-refractivity contribution < 1.29 is 0 Å². The van der Waals surface area contributed by atoms with Crippen molar-refractivity contribution >= 4 is 0 Å². The van der Waals surface area contributed by atoms with Crippen LogP contribution in [0.4, 0.5) is 0 Å². The average Bonchev–Trinajstić information content (AvgIpc) is 3.25. The normalized spacial score (nSPS) is 14.9. The number of nitrogens with zero attached hydrogens (tertiary/aromatic N) is 8. The second kappa shape index (κ2) is 6.95. The summed E-state index contributed by atoms with van der Waals surface area (Å²) < 4.78 is 3.69. The maximum atomic E-state index is 4.95. The summed E-state index contributed by atoms with van der Waals surface area (Å²) in [4.78, 5) is 9.26. The van der Waals surface area contributed by atoms with Crippen LogP contribution in [0.15, 0.2) is 55.0 Å². The van der Waals surface area contributed by atoms with Crippen molar-refractivity contribution in [2.45, 2.75) is 38.1 Å². The molecule has 8 heteroatoms. The Balaban J connectivity index is 1.63. The number of rotatable bonds is 6. The third kappa shape index (κ3) is 3.28. The summed E-state index contributed by atoms with van der Waals surface area (Å²) in [5.74, 6) is 2.19. The Hall–Kier alpha value is -3.42. The number of pyridine rings is 1. The predicted octanol–water partition coefficient (Wildman–Crippen LogP) is 2.67. The molecule has 0 bridgehead atoms. The van der Waals surface area contributed by atoms with E-state index in [1.807, 2.05) is 41.9 Å². The molecule has 3 aromatic heterocycles. The van der Waals surface area contributed by atoms with Crippen molar-refractivity contribution in [3.63, 3.8) is 0 Å². The maximum Gasteiger partial charge on any atom is 0.157 e. The summed E-state index contributed by atoms with van der Waals surface area (Å²) in [5, 5.41) is 16.7. The third-order valence-corrected chi connectivity index (χ3v) is 4.97. The molecule has 0 radical (unpaired) electrons. The van der Waals surface area contributed by atoms with E-state index in [0.717, 1.165) is 42.3 Å². The van der Waals surface area contributed by atoms with E-state index < -0.39 is 0 Å². The highest BCUT2D eigenvalue weighted by molar-refractivity contribution is 5.33. The Morgan fingerprint density at radius 2 is 2.00 bits per heavy atom. The Morgan fingerprint density at radius 3 is 2.71 bits per heavy atom. The van der Waals surface area contributed by atoms with Gasteiger partial charge in [0, 0.05) is 24.2 Å². The lowest BCUT2D eigenvalue weighted by Gasteiger charge is -2.17. The number of aryl methyl sites for hydroxylation is 1. The van der Waals surface area contributed by atoms with Gasteiger partial charge in [-0.2, -0.15) is 5.10 Å². The van der Waals surface area contributed by atoms with Crippen molar-refractivity contribution in [3.05, 3.63) is 77.9 Å². The Morgan fingerprint density at radius 1 is 1.14 bits per heavy atom. The van der Waals surface area contributed by atoms with Gasteiger partial charge in [-0.05, 0) is 47.9 Å². The van der Waals surface area contributed by atoms with Gasteiger partial charge in [0.25, 0.3) is 0 Å². The molecule has 0 N–H and O–H groups in total. The van der Waals surface area contributed by atoms with Crippen molar-refractivity contribution in [2.24, 2.45) is 0 Å². The molecule has 1 aromatic carbocycles. The van der Waals surface area contributed by atoms with Crippen LogP contribution in [0.1, 0.15) is 47.7 Å². The molecule has 1 saturated carbocycles. The van der Waals surface area contributed by atoms with E-state index in [9.17, 15) is 0 Å². The quantitative estimate of drug-likeness (QED) is 0.517. The van der Waals surface area contributed by atoms with Crippen LogP contribution < -0.4 is 0 Å². The zero-order valence-corrected chi connectivity index (χ0v) is 15.5. The first-order valence-corrected chi connectivity index (χ1v) is 9.44. The summed E-state index contributed by atoms with van der Waals surface area (Å²) in [6.45, 7) is 1.98. The summed E-state index contributed by atoms with van der Waals surface area (Å²) in [7, 11) is 0. The molecule has 8 nitrogen and oxygen atoms in total. The fourth-order valence-electron chi connectivity index (χ4n) is 3.37. The lowest BCUT2D eigenvalue weighted by molar-refractivity contribution is 0.471. The van der Waals surface area contributed by atoms with Crippen LogP contribution in [0.5, 0.6) is 0 Å². The zero-order chi connectivity index (χ0) is 18.9. The molecule has 1 atom stereocenters. The van der Waals surface area contributed by atoms with E-state index in [0.29, 0.717) is 5.92 Å². The van der Waals surface area contributed by atoms with Gasteiger partial charge >= 0.3 is 0 Å². The van der Waals surface area contributed by atoms with Gasteiger partial charge in [-0.25, -0.2) is 14.3 Å². The standard InChI is InChI=1S/C20H20N8/c1-14-11-17(9-10-21-14)28-20(23-19(24-28)16-7-8-16)18(27-13-22-25-26-27)12-15-5-3-2-4-6-15/h2-6,9-11,13,16,18H,7-8,12H2,1H3. The highest BCUT2D eigenvalue weighted by Gasteiger charge is 2.32. The van der Waals surface area contributed by atoms with E-state index in [4.69, 9.17) is 10.1 Å². The summed E-state index contributed by atoms with van der Waals surface area (Å²) in [6.07, 6.45) is 6.45. The Labute approximate surface area is 162 Å². The molecule has 1 fully saturated rings. The fraction of sp³-hybridized carbons (Fsp3) is 0.300. The van der Waals surface area contributed by atoms with Gasteiger partial charge in [0.1, 0.15) is 12.4 Å². The van der Waals surface area contributed by atoms with E-state index >= 15 is 0 Å². The van der Waals surface area contributed by atoms with E-state index in [1.165, 1.54) is 5.56 Å². The van der Waals surface area contributed by atoms with Crippen molar-refractivity contribution in [2.75, 3.05) is 0 Å². The predicted molar refractivity (Wildman–Crippen MR) is 102 cm³/mol. The first kappa shape index (κ1) is 16.7. The van der Waals surface area contributed by atoms with Crippen LogP contribution in [0.2, 0.25) is 0 Å². The zero-order valence-electron chi connectivity index (χ0n) is 15.5. The van der Waals surface area contributed by atoms with E-state index in [1.54, 1.807) is 17.2 Å². The van der Waals surface area contributed by atoms with Crippen LogP contribution in [-0.2, 0) is 6.42 Å². The van der Waals surface area contributed by atoms with Gasteiger partial charge in [0.05, 0.1) is 5.69 Å². The largest absolute Gasteiger partial charge is 0.261 e. The maximum absolute atomic E-state index is 4.95. The van der Waals surface area contributed by atoms with Gasteiger partial charge in [-0.1, -0.05) is 30.3 Å². The van der Waals surface area contributed by atoms with Gasteiger partial charge in [-0.3, -0.25) is 4.98 Å². The van der Waals surface area contributed by atoms with E-state index in [-0.39, 0.29) is 6.04 Å². The minimum absolute atomic E-state index is 0.161. The summed E-state index contributed by atoms with van der Waals surface area (Å²) in [5.41, 5.74) is 3.08. The van der Waals surface area contributed by atoms with Crippen molar-refractivity contribution in [3.8, 4) is 5.69 Å². The first-order chi connectivity index (χ1) is 13.8. The lowest BCUT2D eigenvalue weighted by Crippen LogP contribution is -2.19. The number of benzene rings is 1. The van der Waals surface area contributed by atoms with Crippen LogP contribution in [0.25, 0.3) is 5.69 Å². The number of tetrazole rings is 1.